The average molecular weight is 540 g/mol. The molecule has 34 heavy (non-hydrogen) atoms. The van der Waals surface area contributed by atoms with E-state index in [1.54, 1.807) is 0 Å². The molecule has 0 spiro atoms. The van der Waals surface area contributed by atoms with E-state index in [0.717, 1.165) is 26.8 Å². The molecule has 1 aliphatic rings. The molecule has 2 aromatic rings. The van der Waals surface area contributed by atoms with E-state index in [1.165, 1.54) is 32.3 Å². The van der Waals surface area contributed by atoms with Crippen molar-refractivity contribution in [2.24, 2.45) is 0 Å². The normalized spacial score (nSPS) is 17.8. The number of nitrogens with one attached hydrogen (secondary N) is 1. The summed E-state index contributed by atoms with van der Waals surface area (Å²) in [5.74, 6) is -0.805. The maximum atomic E-state index is 13.4. The van der Waals surface area contributed by atoms with E-state index in [9.17, 15) is 34.8 Å². The Hall–Kier alpha value is -2.19. The first-order chi connectivity index (χ1) is 15.7. The van der Waals surface area contributed by atoms with Gasteiger partial charge in [0, 0.05) is 26.3 Å². The zero-order valence-corrected chi connectivity index (χ0v) is 20.4. The fraction of sp³-hybridized carbons (Fsp3) is 0.350. The van der Waals surface area contributed by atoms with Crippen molar-refractivity contribution in [1.29, 1.82) is 0 Å². The van der Waals surface area contributed by atoms with Gasteiger partial charge in [-0.15, -0.1) is 0 Å². The lowest BCUT2D eigenvalue weighted by molar-refractivity contribution is -0.139. The first kappa shape index (κ1) is 26.4. The third kappa shape index (κ3) is 5.08. The van der Waals surface area contributed by atoms with Crippen LogP contribution in [-0.4, -0.2) is 58.0 Å². The first-order valence-corrected chi connectivity index (χ1v) is 13.1. The van der Waals surface area contributed by atoms with Gasteiger partial charge in [0.25, 0.3) is 0 Å². The van der Waals surface area contributed by atoms with Crippen LogP contribution in [0.15, 0.2) is 52.3 Å². The molecular weight excluding hydrogens is 519 g/mol. The van der Waals surface area contributed by atoms with Crippen LogP contribution in [0, 0.1) is 0 Å². The molecule has 0 aliphatic carbocycles. The predicted octanol–water partition coefficient (Wildman–Crippen LogP) is 3.40. The highest BCUT2D eigenvalue weighted by Gasteiger charge is 2.44. The highest BCUT2D eigenvalue weighted by molar-refractivity contribution is 7.89. The molecule has 1 fully saturated rings. The number of alkyl halides is 3. The number of rotatable bonds is 6. The van der Waals surface area contributed by atoms with E-state index in [0.29, 0.717) is 6.07 Å². The van der Waals surface area contributed by atoms with Gasteiger partial charge in [0.15, 0.2) is 0 Å². The maximum absolute atomic E-state index is 13.4. The number of sulfonamides is 2. The summed E-state index contributed by atoms with van der Waals surface area (Å²) in [6.45, 7) is -0.145. The standard InChI is InChI=1S/C20H21ClF3N3O5S2/c1-26(2)33(29,30)18-12-13(9-10-15(18)21)25-19(28)16-7-5-11-27(16)34(31,32)17-8-4-3-6-14(17)20(22,23)24/h3-4,6,8-10,12,16H,5,7,11H2,1-2H3,(H,25,28). The molecule has 1 heterocycles. The van der Waals surface area contributed by atoms with Gasteiger partial charge in [-0.05, 0) is 43.2 Å². The lowest BCUT2D eigenvalue weighted by atomic mass is 10.2. The Kier molecular flexibility index (Phi) is 7.35. The van der Waals surface area contributed by atoms with Crippen molar-refractivity contribution < 1.29 is 34.8 Å². The van der Waals surface area contributed by atoms with Crippen molar-refractivity contribution >= 4 is 43.2 Å². The molecule has 0 aromatic heterocycles. The van der Waals surface area contributed by atoms with Gasteiger partial charge in [0.2, 0.25) is 26.0 Å². The van der Waals surface area contributed by atoms with Crippen LogP contribution in [0.5, 0.6) is 0 Å². The second-order valence-electron chi connectivity index (χ2n) is 7.69. The van der Waals surface area contributed by atoms with Crippen molar-refractivity contribution in [1.82, 2.24) is 8.61 Å². The number of nitrogens with zero attached hydrogens (tertiary/aromatic N) is 2. The third-order valence-corrected chi connectivity index (χ3v) is 9.51. The fourth-order valence-electron chi connectivity index (χ4n) is 3.54. The van der Waals surface area contributed by atoms with E-state index in [2.05, 4.69) is 5.32 Å². The Balaban J connectivity index is 1.92. The zero-order valence-electron chi connectivity index (χ0n) is 18.0. The summed E-state index contributed by atoms with van der Waals surface area (Å²) < 4.78 is 93.0. The number of halogens is 4. The number of amides is 1. The highest BCUT2D eigenvalue weighted by Crippen LogP contribution is 2.37. The molecule has 0 saturated carbocycles. The zero-order chi connectivity index (χ0) is 25.5. The van der Waals surface area contributed by atoms with Gasteiger partial charge in [-0.1, -0.05) is 23.7 Å². The summed E-state index contributed by atoms with van der Waals surface area (Å²) in [5, 5.41) is 2.37. The monoisotopic (exact) mass is 539 g/mol. The van der Waals surface area contributed by atoms with Crippen molar-refractivity contribution in [3.05, 3.63) is 53.1 Å². The Labute approximate surface area is 200 Å². The third-order valence-electron chi connectivity index (χ3n) is 5.24. The van der Waals surface area contributed by atoms with Crippen LogP contribution in [0.3, 0.4) is 0 Å². The number of carbonyl (C=O) groups excluding carboxylic acids is 1. The van der Waals surface area contributed by atoms with E-state index in [1.807, 2.05) is 0 Å². The highest BCUT2D eigenvalue weighted by atomic mass is 35.5. The molecule has 3 rings (SSSR count). The molecule has 1 atom stereocenters. The SMILES string of the molecule is CN(C)S(=O)(=O)c1cc(NC(=O)C2CCCN2S(=O)(=O)c2ccccc2C(F)(F)F)ccc1Cl. The smallest absolute Gasteiger partial charge is 0.325 e. The van der Waals surface area contributed by atoms with E-state index in [4.69, 9.17) is 11.6 Å². The minimum atomic E-state index is -4.90. The minimum Gasteiger partial charge on any atom is -0.325 e. The molecule has 1 saturated heterocycles. The van der Waals surface area contributed by atoms with Crippen LogP contribution in [0.2, 0.25) is 5.02 Å². The Morgan fingerprint density at radius 2 is 1.74 bits per heavy atom. The molecule has 2 aromatic carbocycles. The fourth-order valence-corrected chi connectivity index (χ4v) is 6.81. The molecule has 186 valence electrons. The number of anilines is 1. The Bertz CT molecular complexity index is 1310. The molecule has 1 amide bonds. The second kappa shape index (κ2) is 9.46. The quantitative estimate of drug-likeness (QED) is 0.606. The van der Waals surface area contributed by atoms with E-state index >= 15 is 0 Å². The average Bonchev–Trinajstić information content (AvgIpc) is 3.25. The number of hydrogen-bond donors (Lipinski definition) is 1. The summed E-state index contributed by atoms with van der Waals surface area (Å²) >= 11 is 5.99. The number of benzene rings is 2. The van der Waals surface area contributed by atoms with Crippen molar-refractivity contribution in [3.8, 4) is 0 Å². The summed E-state index contributed by atoms with van der Waals surface area (Å²) in [6, 6.07) is 6.21. The second-order valence-corrected chi connectivity index (χ2v) is 12.1. The van der Waals surface area contributed by atoms with Gasteiger partial charge in [0.05, 0.1) is 15.5 Å². The lowest BCUT2D eigenvalue weighted by Gasteiger charge is -2.25. The molecule has 0 radical (unpaired) electrons. The van der Waals surface area contributed by atoms with Gasteiger partial charge in [-0.2, -0.15) is 17.5 Å². The van der Waals surface area contributed by atoms with Crippen LogP contribution in [0.25, 0.3) is 0 Å². The molecule has 1 unspecified atom stereocenters. The molecular formula is C20H21ClF3N3O5S2. The molecule has 1 N–H and O–H groups in total. The van der Waals surface area contributed by atoms with Crippen LogP contribution >= 0.6 is 11.6 Å². The summed E-state index contributed by atoms with van der Waals surface area (Å²) in [7, 11) is -5.99. The minimum absolute atomic E-state index is 0.0368. The summed E-state index contributed by atoms with van der Waals surface area (Å²) in [6.07, 6.45) is -4.57. The van der Waals surface area contributed by atoms with Crippen molar-refractivity contribution in [3.63, 3.8) is 0 Å². The van der Waals surface area contributed by atoms with Crippen LogP contribution in [0.4, 0.5) is 18.9 Å². The summed E-state index contributed by atoms with van der Waals surface area (Å²) in [4.78, 5) is 11.7. The number of carbonyl (C=O) groups is 1. The molecule has 8 nitrogen and oxygen atoms in total. The Morgan fingerprint density at radius 3 is 2.35 bits per heavy atom. The first-order valence-electron chi connectivity index (χ1n) is 9.88. The molecule has 0 bridgehead atoms. The van der Waals surface area contributed by atoms with Crippen LogP contribution in [0.1, 0.15) is 18.4 Å². The van der Waals surface area contributed by atoms with Crippen molar-refractivity contribution in [2.75, 3.05) is 26.0 Å². The molecule has 14 heteroatoms. The number of hydrogen-bond acceptors (Lipinski definition) is 5. The Morgan fingerprint density at radius 1 is 1.09 bits per heavy atom. The van der Waals surface area contributed by atoms with E-state index < -0.39 is 48.6 Å². The van der Waals surface area contributed by atoms with Gasteiger partial charge in [0.1, 0.15) is 10.9 Å². The van der Waals surface area contributed by atoms with E-state index in [-0.39, 0.29) is 35.0 Å². The lowest BCUT2D eigenvalue weighted by Crippen LogP contribution is -2.43. The molecule has 1 aliphatic heterocycles. The van der Waals surface area contributed by atoms with Crippen molar-refractivity contribution in [2.45, 2.75) is 34.9 Å². The van der Waals surface area contributed by atoms with Gasteiger partial charge >= 0.3 is 6.18 Å². The topological polar surface area (TPSA) is 104 Å². The van der Waals surface area contributed by atoms with Gasteiger partial charge in [-0.25, -0.2) is 21.1 Å². The predicted molar refractivity (Wildman–Crippen MR) is 119 cm³/mol. The van der Waals surface area contributed by atoms with Gasteiger partial charge < -0.3 is 5.32 Å². The van der Waals surface area contributed by atoms with Gasteiger partial charge in [-0.3, -0.25) is 4.79 Å². The van der Waals surface area contributed by atoms with Crippen LogP contribution < -0.4 is 5.32 Å². The van der Waals surface area contributed by atoms with Crippen LogP contribution in [-0.2, 0) is 31.0 Å². The maximum Gasteiger partial charge on any atom is 0.417 e. The summed E-state index contributed by atoms with van der Waals surface area (Å²) in [5.41, 5.74) is -1.29. The largest absolute Gasteiger partial charge is 0.417 e.